The summed E-state index contributed by atoms with van der Waals surface area (Å²) in [7, 11) is 1.97. The van der Waals surface area contributed by atoms with Gasteiger partial charge in [0.1, 0.15) is 12.4 Å². The maximum absolute atomic E-state index is 6.22. The van der Waals surface area contributed by atoms with Gasteiger partial charge >= 0.3 is 0 Å². The summed E-state index contributed by atoms with van der Waals surface area (Å²) in [6.07, 6.45) is 10.1. The first-order valence-electron chi connectivity index (χ1n) is 7.89. The molecule has 2 fully saturated rings. The van der Waals surface area contributed by atoms with E-state index in [4.69, 9.17) is 4.74 Å². The molecule has 0 unspecified atom stereocenters. The van der Waals surface area contributed by atoms with Gasteiger partial charge in [-0.1, -0.05) is 0 Å². The molecule has 0 bridgehead atoms. The average Bonchev–Trinajstić information content (AvgIpc) is 3.14. The molecule has 3 atom stereocenters. The molecule has 22 heavy (non-hydrogen) atoms. The minimum Gasteiger partial charge on any atom is -0.368 e. The third kappa shape index (κ3) is 2.76. The lowest BCUT2D eigenvalue weighted by molar-refractivity contribution is -0.00230. The fourth-order valence-corrected chi connectivity index (χ4v) is 3.67. The third-order valence-corrected chi connectivity index (χ3v) is 4.70. The van der Waals surface area contributed by atoms with E-state index in [0.717, 1.165) is 38.2 Å². The van der Waals surface area contributed by atoms with Crippen LogP contribution in [-0.2, 0) is 18.3 Å². The van der Waals surface area contributed by atoms with Gasteiger partial charge in [0.2, 0.25) is 0 Å². The Morgan fingerprint density at radius 1 is 1.41 bits per heavy atom. The van der Waals surface area contributed by atoms with Crippen molar-refractivity contribution in [1.29, 1.82) is 0 Å². The first kappa shape index (κ1) is 13.8. The molecule has 0 N–H and O–H groups in total. The molecule has 6 nitrogen and oxygen atoms in total. The molecule has 0 aromatic carbocycles. The molecule has 0 amide bonds. The smallest absolute Gasteiger partial charge is 0.115 e. The number of likely N-dealkylation sites (tertiary alicyclic amines) is 1. The summed E-state index contributed by atoms with van der Waals surface area (Å²) in [5, 5.41) is 4.25. The Balaban J connectivity index is 1.39. The first-order valence-corrected chi connectivity index (χ1v) is 7.89. The van der Waals surface area contributed by atoms with Crippen LogP contribution < -0.4 is 0 Å². The van der Waals surface area contributed by atoms with Crippen molar-refractivity contribution in [3.8, 4) is 0 Å². The molecule has 4 heterocycles. The summed E-state index contributed by atoms with van der Waals surface area (Å²) in [6.45, 7) is 3.17. The fraction of sp³-hybridized carbons (Fsp3) is 0.562. The lowest BCUT2D eigenvalue weighted by atomic mass is 9.92. The molecular formula is C16H21N5O. The number of ether oxygens (including phenoxy) is 1. The summed E-state index contributed by atoms with van der Waals surface area (Å²) in [5.41, 5.74) is 2.30. The van der Waals surface area contributed by atoms with Gasteiger partial charge in [0.15, 0.2) is 0 Å². The Morgan fingerprint density at radius 3 is 3.14 bits per heavy atom. The van der Waals surface area contributed by atoms with E-state index in [0.29, 0.717) is 12.0 Å². The van der Waals surface area contributed by atoms with E-state index in [9.17, 15) is 0 Å². The molecule has 0 aliphatic carbocycles. The van der Waals surface area contributed by atoms with E-state index in [1.54, 1.807) is 12.5 Å². The highest BCUT2D eigenvalue weighted by Crippen LogP contribution is 2.40. The summed E-state index contributed by atoms with van der Waals surface area (Å²) in [6, 6.07) is 1.97. The van der Waals surface area contributed by atoms with E-state index in [2.05, 4.69) is 26.2 Å². The van der Waals surface area contributed by atoms with Crippen molar-refractivity contribution in [2.45, 2.75) is 31.6 Å². The first-order chi connectivity index (χ1) is 10.8. The fourth-order valence-electron chi connectivity index (χ4n) is 3.67. The van der Waals surface area contributed by atoms with Crippen LogP contribution in [-0.4, -0.2) is 43.8 Å². The van der Waals surface area contributed by atoms with Gasteiger partial charge in [-0.05, 0) is 18.9 Å². The molecule has 0 saturated carbocycles. The molecule has 2 aromatic rings. The predicted octanol–water partition coefficient (Wildman–Crippen LogP) is 1.56. The van der Waals surface area contributed by atoms with Crippen LogP contribution >= 0.6 is 0 Å². The van der Waals surface area contributed by atoms with Gasteiger partial charge in [0.05, 0.1) is 18.0 Å². The Bertz CT molecular complexity index is 628. The summed E-state index contributed by atoms with van der Waals surface area (Å²) in [5.74, 6) is 0.602. The number of aryl methyl sites for hydroxylation is 1. The molecule has 2 aromatic heterocycles. The van der Waals surface area contributed by atoms with Crippen molar-refractivity contribution in [2.75, 3.05) is 13.1 Å². The summed E-state index contributed by atoms with van der Waals surface area (Å²) in [4.78, 5) is 10.9. The normalized spacial score (nSPS) is 28.7. The molecule has 0 spiro atoms. The van der Waals surface area contributed by atoms with E-state index >= 15 is 0 Å². The zero-order valence-electron chi connectivity index (χ0n) is 12.8. The molecule has 4 rings (SSSR count). The Labute approximate surface area is 130 Å². The third-order valence-electron chi connectivity index (χ3n) is 4.70. The number of aromatic nitrogens is 4. The SMILES string of the molecule is Cn1cc(CN2CC[C@@H]3O[C@@H](c4ccncn4)C[C@H]3C2)cn1. The minimum absolute atomic E-state index is 0.136. The maximum Gasteiger partial charge on any atom is 0.115 e. The van der Waals surface area contributed by atoms with Crippen LogP contribution in [0.3, 0.4) is 0 Å². The number of nitrogens with zero attached hydrogens (tertiary/aromatic N) is 5. The molecule has 2 aliphatic rings. The van der Waals surface area contributed by atoms with E-state index in [1.165, 1.54) is 5.56 Å². The van der Waals surface area contributed by atoms with Crippen LogP contribution in [0, 0.1) is 5.92 Å². The number of rotatable bonds is 3. The predicted molar refractivity (Wildman–Crippen MR) is 80.9 cm³/mol. The Hall–Kier alpha value is -1.79. The van der Waals surface area contributed by atoms with Gasteiger partial charge in [-0.15, -0.1) is 0 Å². The largest absolute Gasteiger partial charge is 0.368 e. The van der Waals surface area contributed by atoms with Gasteiger partial charge < -0.3 is 4.74 Å². The molecule has 116 valence electrons. The summed E-state index contributed by atoms with van der Waals surface area (Å²) >= 11 is 0. The molecular weight excluding hydrogens is 278 g/mol. The topological polar surface area (TPSA) is 56.1 Å². The monoisotopic (exact) mass is 299 g/mol. The second-order valence-corrected chi connectivity index (χ2v) is 6.34. The van der Waals surface area contributed by atoms with E-state index in [-0.39, 0.29) is 6.10 Å². The standard InChI is InChI=1S/C16H21N5O/c1-20-8-12(7-19-20)9-21-5-3-15-13(10-21)6-16(22-15)14-2-4-17-11-18-14/h2,4,7-8,11,13,15-16H,3,5-6,9-10H2,1H3/t13-,15-,16+/m0/s1. The molecule has 6 heteroatoms. The van der Waals surface area contributed by atoms with Crippen LogP contribution in [0.4, 0.5) is 0 Å². The van der Waals surface area contributed by atoms with Crippen LogP contribution in [0.15, 0.2) is 31.0 Å². The Morgan fingerprint density at radius 2 is 2.36 bits per heavy atom. The second-order valence-electron chi connectivity index (χ2n) is 6.34. The number of fused-ring (bicyclic) bond motifs is 1. The highest BCUT2D eigenvalue weighted by atomic mass is 16.5. The van der Waals surface area contributed by atoms with E-state index in [1.807, 2.05) is 24.0 Å². The van der Waals surface area contributed by atoms with Crippen molar-refractivity contribution >= 4 is 0 Å². The zero-order valence-corrected chi connectivity index (χ0v) is 12.8. The van der Waals surface area contributed by atoms with E-state index < -0.39 is 0 Å². The van der Waals surface area contributed by atoms with Crippen LogP contribution in [0.25, 0.3) is 0 Å². The van der Waals surface area contributed by atoms with Gasteiger partial charge in [-0.25, -0.2) is 9.97 Å². The van der Waals surface area contributed by atoms with Gasteiger partial charge in [-0.2, -0.15) is 5.10 Å². The van der Waals surface area contributed by atoms with Gasteiger partial charge in [0, 0.05) is 50.6 Å². The van der Waals surface area contributed by atoms with Crippen LogP contribution in [0.5, 0.6) is 0 Å². The lowest BCUT2D eigenvalue weighted by Gasteiger charge is -2.33. The zero-order chi connectivity index (χ0) is 14.9. The Kier molecular flexibility index (Phi) is 3.63. The van der Waals surface area contributed by atoms with Crippen molar-refractivity contribution < 1.29 is 4.74 Å². The van der Waals surface area contributed by atoms with Crippen molar-refractivity contribution in [1.82, 2.24) is 24.6 Å². The van der Waals surface area contributed by atoms with Crippen molar-refractivity contribution in [3.63, 3.8) is 0 Å². The highest BCUT2D eigenvalue weighted by Gasteiger charge is 2.39. The van der Waals surface area contributed by atoms with Crippen molar-refractivity contribution in [3.05, 3.63) is 42.2 Å². The number of hydrogen-bond donors (Lipinski definition) is 0. The molecule has 2 saturated heterocycles. The second kappa shape index (κ2) is 5.78. The van der Waals surface area contributed by atoms with Gasteiger partial charge in [-0.3, -0.25) is 9.58 Å². The lowest BCUT2D eigenvalue weighted by Crippen LogP contribution is -2.40. The number of hydrogen-bond acceptors (Lipinski definition) is 5. The minimum atomic E-state index is 0.136. The maximum atomic E-state index is 6.22. The highest BCUT2D eigenvalue weighted by molar-refractivity contribution is 5.07. The molecule has 2 aliphatic heterocycles. The van der Waals surface area contributed by atoms with Crippen LogP contribution in [0.2, 0.25) is 0 Å². The van der Waals surface area contributed by atoms with Crippen molar-refractivity contribution in [2.24, 2.45) is 13.0 Å². The average molecular weight is 299 g/mol. The van der Waals surface area contributed by atoms with Gasteiger partial charge in [0.25, 0.3) is 0 Å². The molecule has 0 radical (unpaired) electrons. The summed E-state index contributed by atoms with van der Waals surface area (Å²) < 4.78 is 8.09. The van der Waals surface area contributed by atoms with Crippen LogP contribution in [0.1, 0.15) is 30.2 Å². The quantitative estimate of drug-likeness (QED) is 0.861. The number of piperidine rings is 1.